The molecule has 5 nitrogen and oxygen atoms in total. The molecule has 0 saturated carbocycles. The first-order chi connectivity index (χ1) is 13.2. The van der Waals surface area contributed by atoms with Gasteiger partial charge in [-0.1, -0.05) is 11.6 Å². The van der Waals surface area contributed by atoms with Gasteiger partial charge in [0.05, 0.1) is 17.9 Å². The highest BCUT2D eigenvalue weighted by atomic mass is 35.5. The van der Waals surface area contributed by atoms with E-state index in [1.165, 1.54) is 16.9 Å². The molecule has 0 unspecified atom stereocenters. The van der Waals surface area contributed by atoms with Crippen molar-refractivity contribution in [3.8, 4) is 11.3 Å². The van der Waals surface area contributed by atoms with Crippen molar-refractivity contribution in [2.75, 3.05) is 0 Å². The maximum atomic E-state index is 13.0. The van der Waals surface area contributed by atoms with Crippen molar-refractivity contribution in [3.63, 3.8) is 0 Å². The first-order valence-electron chi connectivity index (χ1n) is 8.89. The van der Waals surface area contributed by atoms with Gasteiger partial charge in [0.2, 0.25) is 5.89 Å². The monoisotopic (exact) mass is 397 g/mol. The zero-order chi connectivity index (χ0) is 18.4. The highest BCUT2D eigenvalue weighted by molar-refractivity contribution is 7.18. The van der Waals surface area contributed by atoms with Crippen LogP contribution in [0.3, 0.4) is 0 Å². The predicted molar refractivity (Wildman–Crippen MR) is 107 cm³/mol. The van der Waals surface area contributed by atoms with Gasteiger partial charge in [0, 0.05) is 15.5 Å². The lowest BCUT2D eigenvalue weighted by molar-refractivity contribution is 0.484. The third-order valence-electron chi connectivity index (χ3n) is 4.93. The summed E-state index contributed by atoms with van der Waals surface area (Å²) in [6.07, 6.45) is 7.62. The van der Waals surface area contributed by atoms with E-state index in [4.69, 9.17) is 16.0 Å². The normalized spacial score (nSPS) is 13.8. The van der Waals surface area contributed by atoms with Crippen LogP contribution in [0.4, 0.5) is 0 Å². The Bertz CT molecular complexity index is 1190. The summed E-state index contributed by atoms with van der Waals surface area (Å²) in [5.74, 6) is 1.13. The van der Waals surface area contributed by atoms with Gasteiger partial charge in [-0.3, -0.25) is 9.36 Å². The Hall–Kier alpha value is -2.44. The van der Waals surface area contributed by atoms with Gasteiger partial charge in [0.15, 0.2) is 5.76 Å². The summed E-state index contributed by atoms with van der Waals surface area (Å²) in [5.41, 5.74) is 2.08. The zero-order valence-corrected chi connectivity index (χ0v) is 16.0. The third-order valence-corrected chi connectivity index (χ3v) is 6.38. The fraction of sp³-hybridized carbons (Fsp3) is 0.250. The third kappa shape index (κ3) is 2.99. The van der Waals surface area contributed by atoms with Crippen LogP contribution in [0.5, 0.6) is 0 Å². The van der Waals surface area contributed by atoms with Crippen molar-refractivity contribution < 1.29 is 4.42 Å². The van der Waals surface area contributed by atoms with Crippen molar-refractivity contribution >= 4 is 33.2 Å². The van der Waals surface area contributed by atoms with Crippen molar-refractivity contribution in [2.24, 2.45) is 0 Å². The van der Waals surface area contributed by atoms with Crippen LogP contribution in [-0.2, 0) is 19.4 Å². The summed E-state index contributed by atoms with van der Waals surface area (Å²) in [6.45, 7) is 0.264. The van der Waals surface area contributed by atoms with Crippen molar-refractivity contribution in [2.45, 2.75) is 32.2 Å². The van der Waals surface area contributed by atoms with Crippen molar-refractivity contribution in [1.82, 2.24) is 14.5 Å². The summed E-state index contributed by atoms with van der Waals surface area (Å²) >= 11 is 7.58. The van der Waals surface area contributed by atoms with Crippen LogP contribution in [0.1, 0.15) is 29.2 Å². The lowest BCUT2D eigenvalue weighted by Gasteiger charge is -2.10. The highest BCUT2D eigenvalue weighted by Crippen LogP contribution is 2.33. The second kappa shape index (κ2) is 6.62. The Kier molecular flexibility index (Phi) is 4.10. The Morgan fingerprint density at radius 3 is 2.81 bits per heavy atom. The molecule has 1 aliphatic rings. The summed E-state index contributed by atoms with van der Waals surface area (Å²) in [6, 6.07) is 7.37. The van der Waals surface area contributed by atoms with E-state index in [-0.39, 0.29) is 12.1 Å². The molecule has 0 saturated heterocycles. The minimum atomic E-state index is -0.00866. The van der Waals surface area contributed by atoms with Gasteiger partial charge >= 0.3 is 0 Å². The standard InChI is InChI=1S/C20H16ClN3O2S/c21-13-7-5-12(6-8-13)15-9-22-17(26-15)10-24-11-23-19-18(20(24)25)14-3-1-2-4-16(14)27-19/h5-9,11H,1-4,10H2. The molecule has 0 amide bonds. The van der Waals surface area contributed by atoms with E-state index in [1.54, 1.807) is 40.6 Å². The molecule has 0 spiro atoms. The summed E-state index contributed by atoms with van der Waals surface area (Å²) in [7, 11) is 0. The lowest BCUT2D eigenvalue weighted by atomic mass is 9.97. The second-order valence-electron chi connectivity index (χ2n) is 6.69. The molecule has 27 heavy (non-hydrogen) atoms. The summed E-state index contributed by atoms with van der Waals surface area (Å²) in [5, 5.41) is 1.45. The van der Waals surface area contributed by atoms with E-state index in [0.717, 1.165) is 35.0 Å². The molecule has 4 aromatic rings. The smallest absolute Gasteiger partial charge is 0.262 e. The molecule has 0 N–H and O–H groups in total. The quantitative estimate of drug-likeness (QED) is 0.503. The maximum Gasteiger partial charge on any atom is 0.262 e. The number of thiophene rings is 1. The molecule has 3 aromatic heterocycles. The molecule has 136 valence electrons. The van der Waals surface area contributed by atoms with E-state index in [2.05, 4.69) is 9.97 Å². The van der Waals surface area contributed by atoms with Gasteiger partial charge in [-0.05, 0) is 55.5 Å². The number of hydrogen-bond donors (Lipinski definition) is 0. The molecule has 0 atom stereocenters. The van der Waals surface area contributed by atoms with Crippen molar-refractivity contribution in [3.05, 3.63) is 68.5 Å². The molecule has 0 radical (unpaired) electrons. The molecular weight excluding hydrogens is 382 g/mol. The van der Waals surface area contributed by atoms with Gasteiger partial charge in [0.1, 0.15) is 11.4 Å². The topological polar surface area (TPSA) is 60.9 Å². The summed E-state index contributed by atoms with van der Waals surface area (Å²) < 4.78 is 7.42. The Morgan fingerprint density at radius 1 is 1.15 bits per heavy atom. The second-order valence-corrected chi connectivity index (χ2v) is 8.21. The van der Waals surface area contributed by atoms with Gasteiger partial charge < -0.3 is 4.42 Å². The van der Waals surface area contributed by atoms with E-state index < -0.39 is 0 Å². The van der Waals surface area contributed by atoms with Gasteiger partial charge in [0.25, 0.3) is 5.56 Å². The van der Waals surface area contributed by atoms with Crippen LogP contribution in [0, 0.1) is 0 Å². The van der Waals surface area contributed by atoms with E-state index in [0.29, 0.717) is 16.7 Å². The number of halogens is 1. The lowest BCUT2D eigenvalue weighted by Crippen LogP contribution is -2.21. The zero-order valence-electron chi connectivity index (χ0n) is 14.4. The van der Waals surface area contributed by atoms with E-state index in [9.17, 15) is 4.79 Å². The molecule has 1 aromatic carbocycles. The van der Waals surface area contributed by atoms with Gasteiger partial charge in [-0.25, -0.2) is 9.97 Å². The molecule has 3 heterocycles. The van der Waals surface area contributed by atoms with Crippen LogP contribution < -0.4 is 5.56 Å². The molecular formula is C20H16ClN3O2S. The van der Waals surface area contributed by atoms with Crippen molar-refractivity contribution in [1.29, 1.82) is 0 Å². The van der Waals surface area contributed by atoms with E-state index in [1.807, 2.05) is 12.1 Å². The highest BCUT2D eigenvalue weighted by Gasteiger charge is 2.20. The molecule has 1 aliphatic carbocycles. The number of rotatable bonds is 3. The summed E-state index contributed by atoms with van der Waals surface area (Å²) in [4.78, 5) is 24.0. The van der Waals surface area contributed by atoms with Crippen LogP contribution >= 0.6 is 22.9 Å². The Labute approximate surface area is 164 Å². The average molecular weight is 398 g/mol. The molecule has 5 rings (SSSR count). The van der Waals surface area contributed by atoms with E-state index >= 15 is 0 Å². The van der Waals surface area contributed by atoms with Gasteiger partial charge in [-0.15, -0.1) is 11.3 Å². The maximum absolute atomic E-state index is 13.0. The SMILES string of the molecule is O=c1c2c3c(sc2ncn1Cc1ncc(-c2ccc(Cl)cc2)o1)CCCC3. The van der Waals surface area contributed by atoms with Crippen LogP contribution in [0.25, 0.3) is 21.5 Å². The van der Waals surface area contributed by atoms with Crippen LogP contribution in [-0.4, -0.2) is 14.5 Å². The number of benzene rings is 1. The number of aryl methyl sites for hydroxylation is 2. The first-order valence-corrected chi connectivity index (χ1v) is 10.1. The Morgan fingerprint density at radius 2 is 1.96 bits per heavy atom. The molecule has 0 fully saturated rings. The molecule has 0 bridgehead atoms. The molecule has 0 aliphatic heterocycles. The first kappa shape index (κ1) is 16.7. The fourth-order valence-corrected chi connectivity index (χ4v) is 4.92. The Balaban J connectivity index is 1.49. The fourth-order valence-electron chi connectivity index (χ4n) is 3.57. The number of aromatic nitrogens is 3. The predicted octanol–water partition coefficient (Wildman–Crippen LogP) is 4.69. The molecule has 7 heteroatoms. The van der Waals surface area contributed by atoms with Crippen LogP contribution in [0.15, 0.2) is 46.0 Å². The largest absolute Gasteiger partial charge is 0.439 e. The number of fused-ring (bicyclic) bond motifs is 3. The number of hydrogen-bond acceptors (Lipinski definition) is 5. The number of nitrogens with zero attached hydrogens (tertiary/aromatic N) is 3. The van der Waals surface area contributed by atoms with Crippen LogP contribution in [0.2, 0.25) is 5.02 Å². The van der Waals surface area contributed by atoms with Gasteiger partial charge in [-0.2, -0.15) is 0 Å². The minimum Gasteiger partial charge on any atom is -0.439 e. The average Bonchev–Trinajstić information content (AvgIpc) is 3.29. The number of oxazole rings is 1. The minimum absolute atomic E-state index is 0.00866.